The summed E-state index contributed by atoms with van der Waals surface area (Å²) < 4.78 is 6.16. The normalized spacial score (nSPS) is 19.3. The molecule has 0 aromatic carbocycles. The molecule has 0 saturated heterocycles. The minimum absolute atomic E-state index is 0.0121. The van der Waals surface area contributed by atoms with Gasteiger partial charge in [-0.15, -0.1) is 0 Å². The minimum Gasteiger partial charge on any atom is -0.478 e. The van der Waals surface area contributed by atoms with E-state index in [0.29, 0.717) is 19.3 Å². The molecule has 0 aromatic heterocycles. The van der Waals surface area contributed by atoms with Crippen LogP contribution in [0.15, 0.2) is 84.6 Å². The van der Waals surface area contributed by atoms with Gasteiger partial charge < -0.3 is 25.8 Å². The van der Waals surface area contributed by atoms with Crippen molar-refractivity contribution in [3.8, 4) is 0 Å². The number of allylic oxidation sites excluding steroid dienone is 12. The molecule has 1 aliphatic rings. The van der Waals surface area contributed by atoms with Gasteiger partial charge in [-0.2, -0.15) is 0 Å². The highest BCUT2D eigenvalue weighted by Gasteiger charge is 2.38. The van der Waals surface area contributed by atoms with E-state index in [9.17, 15) is 24.3 Å². The lowest BCUT2D eigenvalue weighted by Gasteiger charge is -2.38. The summed E-state index contributed by atoms with van der Waals surface area (Å²) in [7, 11) is 0. The predicted octanol–water partition coefficient (Wildman–Crippen LogP) is 6.95. The number of carboxylic acids is 1. The molecule has 0 saturated carbocycles. The Labute approximate surface area is 288 Å². The van der Waals surface area contributed by atoms with E-state index >= 15 is 0 Å². The molecule has 0 spiro atoms. The first-order chi connectivity index (χ1) is 23.1. The average molecular weight is 666 g/mol. The van der Waals surface area contributed by atoms with Gasteiger partial charge in [0.25, 0.3) is 0 Å². The predicted molar refractivity (Wildman–Crippen MR) is 194 cm³/mol. The Morgan fingerprint density at radius 1 is 0.812 bits per heavy atom. The fourth-order valence-electron chi connectivity index (χ4n) is 5.05. The van der Waals surface area contributed by atoms with Crippen molar-refractivity contribution in [2.75, 3.05) is 0 Å². The molecule has 0 aliphatic heterocycles. The third kappa shape index (κ3) is 19.0. The molecule has 266 valence electrons. The highest BCUT2D eigenvalue weighted by Crippen LogP contribution is 2.25. The number of carbonyl (C=O) groups is 4. The molecule has 9 nitrogen and oxygen atoms in total. The van der Waals surface area contributed by atoms with Crippen molar-refractivity contribution in [1.29, 1.82) is 0 Å². The van der Waals surface area contributed by atoms with Crippen LogP contribution in [0.25, 0.3) is 0 Å². The lowest BCUT2D eigenvalue weighted by Crippen LogP contribution is -2.61. The van der Waals surface area contributed by atoms with Crippen LogP contribution in [0.3, 0.4) is 0 Å². The van der Waals surface area contributed by atoms with E-state index in [1.54, 1.807) is 6.92 Å². The maximum atomic E-state index is 13.1. The zero-order valence-corrected chi connectivity index (χ0v) is 29.7. The summed E-state index contributed by atoms with van der Waals surface area (Å²) >= 11 is 0. The fourth-order valence-corrected chi connectivity index (χ4v) is 5.05. The minimum atomic E-state index is -1.11. The van der Waals surface area contributed by atoms with E-state index in [0.717, 1.165) is 38.5 Å². The quantitative estimate of drug-likeness (QED) is 0.0874. The topological polar surface area (TPSA) is 134 Å². The average Bonchev–Trinajstić information content (AvgIpc) is 3.05. The summed E-state index contributed by atoms with van der Waals surface area (Å²) in [5.41, 5.74) is 0.103. The molecule has 0 bridgehead atoms. The lowest BCUT2D eigenvalue weighted by atomic mass is 9.87. The Bertz CT molecular complexity index is 1190. The Morgan fingerprint density at radius 3 is 1.77 bits per heavy atom. The molecule has 3 unspecified atom stereocenters. The molecule has 0 aromatic rings. The Kier molecular flexibility index (Phi) is 22.8. The summed E-state index contributed by atoms with van der Waals surface area (Å²) in [6, 6.07) is -2.24. The van der Waals surface area contributed by atoms with Crippen molar-refractivity contribution in [3.63, 3.8) is 0 Å². The summed E-state index contributed by atoms with van der Waals surface area (Å²) in [6.45, 7) is 9.02. The molecular weight excluding hydrogens is 606 g/mol. The second kappa shape index (κ2) is 26.0. The number of nitrogens with one attached hydrogen (secondary N) is 3. The number of aliphatic carboxylic acids is 1. The van der Waals surface area contributed by atoms with Crippen molar-refractivity contribution < 1.29 is 29.0 Å². The van der Waals surface area contributed by atoms with Gasteiger partial charge in [0.1, 0.15) is 6.04 Å². The summed E-state index contributed by atoms with van der Waals surface area (Å²) in [5, 5.41) is 18.1. The SMILES string of the molecule is CC/C=C\C/C=C\C/C=C\C/C=C\C/C=C\C/C=C\CCC(=O)N[C@@H](C)C(=O)NC1CC(C(=O)O)=CC(OC(CC)CC)C1NC(C)=O. The summed E-state index contributed by atoms with van der Waals surface area (Å²) in [4.78, 5) is 49.5. The smallest absolute Gasteiger partial charge is 0.331 e. The van der Waals surface area contributed by atoms with Crippen molar-refractivity contribution in [2.24, 2.45) is 0 Å². The van der Waals surface area contributed by atoms with Crippen LogP contribution in [-0.4, -0.2) is 59.1 Å². The molecule has 0 radical (unpaired) electrons. The molecule has 1 rings (SSSR count). The number of hydrogen-bond donors (Lipinski definition) is 4. The van der Waals surface area contributed by atoms with Gasteiger partial charge in [0.2, 0.25) is 17.7 Å². The van der Waals surface area contributed by atoms with Crippen LogP contribution in [0, 0.1) is 0 Å². The Morgan fingerprint density at radius 2 is 1.31 bits per heavy atom. The second-order valence-electron chi connectivity index (χ2n) is 11.8. The summed E-state index contributed by atoms with van der Waals surface area (Å²) in [6.07, 6.45) is 34.1. The first kappa shape index (κ1) is 42.0. The highest BCUT2D eigenvalue weighted by atomic mass is 16.5. The molecule has 4 atom stereocenters. The zero-order valence-electron chi connectivity index (χ0n) is 29.7. The van der Waals surface area contributed by atoms with Crippen molar-refractivity contribution in [3.05, 3.63) is 84.6 Å². The number of amides is 3. The van der Waals surface area contributed by atoms with Crippen LogP contribution < -0.4 is 16.0 Å². The fraction of sp³-hybridized carbons (Fsp3) is 0.538. The maximum Gasteiger partial charge on any atom is 0.331 e. The van der Waals surface area contributed by atoms with E-state index < -0.39 is 36.1 Å². The maximum absolute atomic E-state index is 13.1. The van der Waals surface area contributed by atoms with Crippen LogP contribution in [0.4, 0.5) is 0 Å². The van der Waals surface area contributed by atoms with E-state index in [1.807, 2.05) is 26.0 Å². The monoisotopic (exact) mass is 665 g/mol. The standard InChI is InChI=1S/C39H59N3O6/c1-6-9-10-11-12-13-14-15-16-17-18-19-20-21-22-23-24-25-26-27-36(44)40-30(4)38(45)42-34-28-32(39(46)47)29-35(37(34)41-31(5)43)48-33(7-2)8-3/h9-10,12-13,15-16,18-19,21-22,24-25,29-30,33-35,37H,6-8,11,14,17,20,23,26-28H2,1-5H3,(H,40,44)(H,41,43)(H,42,45)(H,46,47)/b10-9-,13-12-,16-15-,19-18-,22-21-,25-24-/t30-,34?,35?,37?/m0/s1. The van der Waals surface area contributed by atoms with Gasteiger partial charge in [-0.3, -0.25) is 14.4 Å². The third-order valence-electron chi connectivity index (χ3n) is 7.73. The molecule has 1 aliphatic carbocycles. The first-order valence-electron chi connectivity index (χ1n) is 17.5. The van der Waals surface area contributed by atoms with Gasteiger partial charge >= 0.3 is 5.97 Å². The summed E-state index contributed by atoms with van der Waals surface area (Å²) in [5.74, 6) is -2.16. The van der Waals surface area contributed by atoms with Crippen LogP contribution in [0.5, 0.6) is 0 Å². The number of ether oxygens (including phenoxy) is 1. The van der Waals surface area contributed by atoms with Gasteiger partial charge in [-0.05, 0) is 70.8 Å². The molecule has 9 heteroatoms. The van der Waals surface area contributed by atoms with Gasteiger partial charge in [0, 0.05) is 25.3 Å². The van der Waals surface area contributed by atoms with Gasteiger partial charge in [-0.25, -0.2) is 4.79 Å². The molecule has 0 fully saturated rings. The van der Waals surface area contributed by atoms with E-state index in [-0.39, 0.29) is 36.3 Å². The number of carbonyl (C=O) groups excluding carboxylic acids is 3. The van der Waals surface area contributed by atoms with Gasteiger partial charge in [0.15, 0.2) is 0 Å². The van der Waals surface area contributed by atoms with Crippen LogP contribution in [0.1, 0.15) is 105 Å². The van der Waals surface area contributed by atoms with Crippen molar-refractivity contribution in [2.45, 2.75) is 136 Å². The van der Waals surface area contributed by atoms with Gasteiger partial charge in [0.05, 0.1) is 24.3 Å². The number of rotatable bonds is 23. The highest BCUT2D eigenvalue weighted by molar-refractivity contribution is 5.89. The van der Waals surface area contributed by atoms with Crippen LogP contribution in [0.2, 0.25) is 0 Å². The lowest BCUT2D eigenvalue weighted by molar-refractivity contribution is -0.134. The largest absolute Gasteiger partial charge is 0.478 e. The first-order valence-corrected chi connectivity index (χ1v) is 17.5. The van der Waals surface area contributed by atoms with Gasteiger partial charge in [-0.1, -0.05) is 93.7 Å². The molecule has 48 heavy (non-hydrogen) atoms. The van der Waals surface area contributed by atoms with E-state index in [4.69, 9.17) is 4.74 Å². The molecular formula is C39H59N3O6. The van der Waals surface area contributed by atoms with Crippen molar-refractivity contribution in [1.82, 2.24) is 16.0 Å². The molecule has 3 amide bonds. The van der Waals surface area contributed by atoms with Crippen LogP contribution in [-0.2, 0) is 23.9 Å². The third-order valence-corrected chi connectivity index (χ3v) is 7.73. The molecule has 4 N–H and O–H groups in total. The zero-order chi connectivity index (χ0) is 35.6. The Hall–Kier alpha value is -3.98. The Balaban J connectivity index is 2.45. The van der Waals surface area contributed by atoms with E-state index in [1.165, 1.54) is 13.0 Å². The second-order valence-corrected chi connectivity index (χ2v) is 11.8. The van der Waals surface area contributed by atoms with Crippen LogP contribution >= 0.6 is 0 Å². The van der Waals surface area contributed by atoms with Crippen molar-refractivity contribution >= 4 is 23.7 Å². The number of carboxylic acid groups (broad SMARTS) is 1. The van der Waals surface area contributed by atoms with E-state index in [2.05, 4.69) is 83.6 Å². The number of hydrogen-bond acceptors (Lipinski definition) is 5. The molecule has 0 heterocycles.